The molecule has 0 atom stereocenters. The number of anilines is 2. The minimum atomic E-state index is -3.48. The number of nitrogens with zero attached hydrogens (tertiary/aromatic N) is 5. The molecule has 0 radical (unpaired) electrons. The molecule has 0 saturated carbocycles. The highest BCUT2D eigenvalue weighted by molar-refractivity contribution is 7.91. The highest BCUT2D eigenvalue weighted by Gasteiger charge is 2.30. The fourth-order valence-electron chi connectivity index (χ4n) is 3.66. The maximum absolute atomic E-state index is 12.8. The van der Waals surface area contributed by atoms with Crippen LogP contribution in [0.4, 0.5) is 11.8 Å². The van der Waals surface area contributed by atoms with Gasteiger partial charge in [-0.15, -0.1) is 11.3 Å². The summed E-state index contributed by atoms with van der Waals surface area (Å²) in [7, 11) is -3.48. The first-order valence-corrected chi connectivity index (χ1v) is 12.2. The largest absolute Gasteiger partial charge is 0.354 e. The Morgan fingerprint density at radius 2 is 1.68 bits per heavy atom. The van der Waals surface area contributed by atoms with Gasteiger partial charge in [0.15, 0.2) is 0 Å². The van der Waals surface area contributed by atoms with E-state index in [1.165, 1.54) is 23.6 Å². The van der Waals surface area contributed by atoms with E-state index < -0.39 is 10.0 Å². The Labute approximate surface area is 175 Å². The normalized spacial score (nSPS) is 19.2. The second-order valence-electron chi connectivity index (χ2n) is 7.16. The molecule has 0 aromatic carbocycles. The smallest absolute Gasteiger partial charge is 0.252 e. The van der Waals surface area contributed by atoms with Gasteiger partial charge in [-0.05, 0) is 38.3 Å². The summed E-state index contributed by atoms with van der Waals surface area (Å²) in [5, 5.41) is 0. The number of aryl methyl sites for hydroxylation is 1. The molecule has 2 aromatic rings. The van der Waals surface area contributed by atoms with Crippen molar-refractivity contribution in [1.82, 2.24) is 14.3 Å². The lowest BCUT2D eigenvalue weighted by atomic mass is 10.1. The molecular formula is C18H24ClN5O2S2. The van der Waals surface area contributed by atoms with Crippen molar-refractivity contribution in [3.8, 4) is 0 Å². The van der Waals surface area contributed by atoms with Crippen LogP contribution in [0, 0.1) is 6.92 Å². The third-order valence-corrected chi connectivity index (χ3v) is 8.77. The fraction of sp³-hybridized carbons (Fsp3) is 0.556. The van der Waals surface area contributed by atoms with Crippen LogP contribution in [-0.2, 0) is 10.0 Å². The molecule has 7 nitrogen and oxygen atoms in total. The lowest BCUT2D eigenvalue weighted by molar-refractivity contribution is 0.384. The van der Waals surface area contributed by atoms with Crippen molar-refractivity contribution in [2.75, 3.05) is 49.1 Å². The minimum Gasteiger partial charge on any atom is -0.354 e. The maximum atomic E-state index is 12.8. The van der Waals surface area contributed by atoms with E-state index in [2.05, 4.69) is 14.8 Å². The first-order valence-electron chi connectivity index (χ1n) is 9.54. The molecule has 0 aliphatic carbocycles. The lowest BCUT2D eigenvalue weighted by Gasteiger charge is -2.35. The van der Waals surface area contributed by atoms with Crippen LogP contribution in [0.25, 0.3) is 0 Å². The zero-order chi connectivity index (χ0) is 19.7. The Kier molecular flexibility index (Phi) is 5.78. The molecule has 0 amide bonds. The molecule has 0 N–H and O–H groups in total. The number of piperidine rings is 1. The summed E-state index contributed by atoms with van der Waals surface area (Å²) in [4.78, 5) is 13.8. The molecule has 152 valence electrons. The predicted octanol–water partition coefficient (Wildman–Crippen LogP) is 3.00. The molecule has 10 heteroatoms. The van der Waals surface area contributed by atoms with Crippen LogP contribution >= 0.6 is 22.9 Å². The zero-order valence-corrected chi connectivity index (χ0v) is 18.2. The van der Waals surface area contributed by atoms with Crippen LogP contribution in [0.2, 0.25) is 4.34 Å². The zero-order valence-electron chi connectivity index (χ0n) is 15.8. The summed E-state index contributed by atoms with van der Waals surface area (Å²) in [6.45, 7) is 6.05. The molecule has 0 bridgehead atoms. The van der Waals surface area contributed by atoms with Crippen LogP contribution in [0.3, 0.4) is 0 Å². The average Bonchev–Trinajstić information content (AvgIpc) is 3.15. The monoisotopic (exact) mass is 441 g/mol. The van der Waals surface area contributed by atoms with Crippen molar-refractivity contribution < 1.29 is 8.42 Å². The van der Waals surface area contributed by atoms with Gasteiger partial charge in [-0.2, -0.15) is 9.29 Å². The second kappa shape index (κ2) is 8.14. The molecule has 4 heterocycles. The quantitative estimate of drug-likeness (QED) is 0.726. The Bertz CT molecular complexity index is 935. The van der Waals surface area contributed by atoms with Gasteiger partial charge in [-0.1, -0.05) is 11.6 Å². The van der Waals surface area contributed by atoms with Crippen LogP contribution in [0.5, 0.6) is 0 Å². The second-order valence-corrected chi connectivity index (χ2v) is 11.0. The summed E-state index contributed by atoms with van der Waals surface area (Å²) < 4.78 is 27.9. The standard InChI is InChI=1S/C18H24ClN5O2S2/c1-14-13-16(21-18(20-14)23-7-3-2-4-8-23)22-9-11-24(12-10-22)28(25,26)17-6-5-15(19)27-17/h5-6,13H,2-4,7-12H2,1H3. The Hall–Kier alpha value is -1.42. The highest BCUT2D eigenvalue weighted by atomic mass is 35.5. The fourth-order valence-corrected chi connectivity index (χ4v) is 6.71. The van der Waals surface area contributed by atoms with E-state index in [0.29, 0.717) is 34.7 Å². The van der Waals surface area contributed by atoms with Crippen molar-refractivity contribution in [3.05, 3.63) is 28.2 Å². The number of hydrogen-bond acceptors (Lipinski definition) is 7. The summed E-state index contributed by atoms with van der Waals surface area (Å²) in [6, 6.07) is 5.19. The van der Waals surface area contributed by atoms with Crippen molar-refractivity contribution >= 4 is 44.7 Å². The lowest BCUT2D eigenvalue weighted by Crippen LogP contribution is -2.48. The molecule has 2 aliphatic rings. The Morgan fingerprint density at radius 3 is 2.32 bits per heavy atom. The first kappa shape index (κ1) is 19.9. The van der Waals surface area contributed by atoms with E-state index in [1.54, 1.807) is 12.1 Å². The summed E-state index contributed by atoms with van der Waals surface area (Å²) in [6.07, 6.45) is 3.62. The van der Waals surface area contributed by atoms with Gasteiger partial charge in [0.25, 0.3) is 10.0 Å². The van der Waals surface area contributed by atoms with E-state index in [0.717, 1.165) is 41.9 Å². The summed E-state index contributed by atoms with van der Waals surface area (Å²) >= 11 is 7.01. The molecule has 2 saturated heterocycles. The van der Waals surface area contributed by atoms with Gasteiger partial charge in [0.2, 0.25) is 5.95 Å². The topological polar surface area (TPSA) is 69.6 Å². The Morgan fingerprint density at radius 1 is 0.964 bits per heavy atom. The molecule has 2 aliphatic heterocycles. The molecule has 0 unspecified atom stereocenters. The van der Waals surface area contributed by atoms with Gasteiger partial charge in [0.1, 0.15) is 10.0 Å². The van der Waals surface area contributed by atoms with Crippen molar-refractivity contribution in [3.63, 3.8) is 0 Å². The van der Waals surface area contributed by atoms with Crippen molar-refractivity contribution in [1.29, 1.82) is 0 Å². The number of rotatable bonds is 4. The molecule has 4 rings (SSSR count). The van der Waals surface area contributed by atoms with Crippen LogP contribution in [0.1, 0.15) is 25.0 Å². The van der Waals surface area contributed by atoms with Crippen LogP contribution < -0.4 is 9.80 Å². The highest BCUT2D eigenvalue weighted by Crippen LogP contribution is 2.29. The van der Waals surface area contributed by atoms with Gasteiger partial charge in [-0.3, -0.25) is 0 Å². The van der Waals surface area contributed by atoms with Crippen LogP contribution in [-0.4, -0.2) is 62.0 Å². The van der Waals surface area contributed by atoms with Gasteiger partial charge in [0, 0.05) is 51.0 Å². The molecule has 0 spiro atoms. The predicted molar refractivity (Wildman–Crippen MR) is 113 cm³/mol. The summed E-state index contributed by atoms with van der Waals surface area (Å²) in [5.41, 5.74) is 0.939. The van der Waals surface area contributed by atoms with Gasteiger partial charge >= 0.3 is 0 Å². The van der Waals surface area contributed by atoms with E-state index in [1.807, 2.05) is 13.0 Å². The number of piperazine rings is 1. The molecule has 28 heavy (non-hydrogen) atoms. The average molecular weight is 442 g/mol. The van der Waals surface area contributed by atoms with Gasteiger partial charge in [0.05, 0.1) is 4.34 Å². The number of halogens is 1. The van der Waals surface area contributed by atoms with Crippen molar-refractivity contribution in [2.45, 2.75) is 30.4 Å². The number of sulfonamides is 1. The van der Waals surface area contributed by atoms with Gasteiger partial charge in [-0.25, -0.2) is 13.4 Å². The third kappa shape index (κ3) is 4.12. The third-order valence-electron chi connectivity index (χ3n) is 5.17. The SMILES string of the molecule is Cc1cc(N2CCN(S(=O)(=O)c3ccc(Cl)s3)CC2)nc(N2CCCCC2)n1. The number of aromatic nitrogens is 2. The molecule has 2 aromatic heterocycles. The maximum Gasteiger partial charge on any atom is 0.252 e. The van der Waals surface area contributed by atoms with E-state index in [-0.39, 0.29) is 0 Å². The molecule has 2 fully saturated rings. The first-order chi connectivity index (χ1) is 13.4. The van der Waals surface area contributed by atoms with Gasteiger partial charge < -0.3 is 9.80 Å². The molecular weight excluding hydrogens is 418 g/mol. The van der Waals surface area contributed by atoms with E-state index in [4.69, 9.17) is 16.6 Å². The van der Waals surface area contributed by atoms with Crippen LogP contribution in [0.15, 0.2) is 22.4 Å². The summed E-state index contributed by atoms with van der Waals surface area (Å²) in [5.74, 6) is 1.67. The Balaban J connectivity index is 1.47. The van der Waals surface area contributed by atoms with E-state index in [9.17, 15) is 8.42 Å². The number of thiophene rings is 1. The minimum absolute atomic E-state index is 0.302. The van der Waals surface area contributed by atoms with Crippen molar-refractivity contribution in [2.24, 2.45) is 0 Å². The van der Waals surface area contributed by atoms with E-state index >= 15 is 0 Å². The number of hydrogen-bond donors (Lipinski definition) is 0.